The Hall–Kier alpha value is -2.68. The molecule has 30 heavy (non-hydrogen) atoms. The summed E-state index contributed by atoms with van der Waals surface area (Å²) in [5, 5.41) is 12.9. The van der Waals surface area contributed by atoms with E-state index in [2.05, 4.69) is 4.90 Å². The van der Waals surface area contributed by atoms with Crippen LogP contribution in [0.1, 0.15) is 16.5 Å². The number of aliphatic hydroxyl groups excluding tert-OH is 1. The molecule has 1 aromatic heterocycles. The summed E-state index contributed by atoms with van der Waals surface area (Å²) in [6.45, 7) is 4.02. The summed E-state index contributed by atoms with van der Waals surface area (Å²) >= 11 is 1.47. The number of amides is 1. The molecule has 3 heterocycles. The van der Waals surface area contributed by atoms with Crippen LogP contribution in [0.4, 0.5) is 0 Å². The van der Waals surface area contributed by atoms with E-state index in [1.54, 1.807) is 36.3 Å². The number of Topliss-reactive ketones (excluding diaryl/α,β-unsaturated/α-hetero) is 1. The summed E-state index contributed by atoms with van der Waals surface area (Å²) < 4.78 is 10.5. The summed E-state index contributed by atoms with van der Waals surface area (Å²) in [4.78, 5) is 30.5. The molecule has 2 aliphatic rings. The summed E-state index contributed by atoms with van der Waals surface area (Å²) in [6, 6.07) is 9.97. The zero-order valence-electron chi connectivity index (χ0n) is 16.7. The second-order valence-electron chi connectivity index (χ2n) is 7.19. The van der Waals surface area contributed by atoms with E-state index < -0.39 is 17.7 Å². The molecule has 2 aromatic rings. The van der Waals surface area contributed by atoms with Crippen LogP contribution in [0.5, 0.6) is 5.75 Å². The van der Waals surface area contributed by atoms with Crippen molar-refractivity contribution >= 4 is 28.8 Å². The van der Waals surface area contributed by atoms with Gasteiger partial charge in [0.2, 0.25) is 0 Å². The smallest absolute Gasteiger partial charge is 0.295 e. The van der Waals surface area contributed by atoms with E-state index in [-0.39, 0.29) is 11.3 Å². The fourth-order valence-corrected chi connectivity index (χ4v) is 4.68. The second kappa shape index (κ2) is 8.99. The van der Waals surface area contributed by atoms with Crippen molar-refractivity contribution in [3.05, 3.63) is 57.8 Å². The fraction of sp³-hybridized carbons (Fsp3) is 0.364. The summed E-state index contributed by atoms with van der Waals surface area (Å²) in [6.07, 6.45) is 0. The van der Waals surface area contributed by atoms with Crippen LogP contribution in [0.15, 0.2) is 47.4 Å². The normalized spacial score (nSPS) is 21.9. The maximum atomic E-state index is 12.9. The first-order valence-corrected chi connectivity index (χ1v) is 10.7. The van der Waals surface area contributed by atoms with E-state index in [1.165, 1.54) is 11.3 Å². The molecule has 0 aliphatic carbocycles. The SMILES string of the molecule is COc1ccc(/C(O)=C2/C(=O)C(=O)N(CCN3CCOCC3)C2c2cccs2)cc1. The van der Waals surface area contributed by atoms with Gasteiger partial charge in [0, 0.05) is 36.6 Å². The minimum Gasteiger partial charge on any atom is -0.507 e. The van der Waals surface area contributed by atoms with Gasteiger partial charge >= 0.3 is 0 Å². The minimum atomic E-state index is -0.649. The van der Waals surface area contributed by atoms with Gasteiger partial charge in [-0.25, -0.2) is 0 Å². The molecule has 2 saturated heterocycles. The van der Waals surface area contributed by atoms with Crippen molar-refractivity contribution in [2.45, 2.75) is 6.04 Å². The Balaban J connectivity index is 1.67. The van der Waals surface area contributed by atoms with Crippen molar-refractivity contribution in [3.63, 3.8) is 0 Å². The lowest BCUT2D eigenvalue weighted by Crippen LogP contribution is -2.42. The first kappa shape index (κ1) is 20.6. The Morgan fingerprint density at radius 3 is 2.53 bits per heavy atom. The van der Waals surface area contributed by atoms with E-state index in [1.807, 2.05) is 17.5 Å². The number of hydrogen-bond acceptors (Lipinski definition) is 7. The predicted octanol–water partition coefficient (Wildman–Crippen LogP) is 2.51. The number of likely N-dealkylation sites (tertiary alicyclic amines) is 1. The molecular formula is C22H24N2O5S. The number of hydrogen-bond donors (Lipinski definition) is 1. The Bertz CT molecular complexity index is 933. The maximum Gasteiger partial charge on any atom is 0.295 e. The lowest BCUT2D eigenvalue weighted by atomic mass is 10.00. The Kier molecular flexibility index (Phi) is 6.17. The van der Waals surface area contributed by atoms with Gasteiger partial charge in [-0.3, -0.25) is 14.5 Å². The van der Waals surface area contributed by atoms with E-state index >= 15 is 0 Å². The number of ketones is 1. The van der Waals surface area contributed by atoms with Crippen LogP contribution in [0.25, 0.3) is 5.76 Å². The third-order valence-electron chi connectivity index (χ3n) is 5.48. The standard InChI is InChI=1S/C22H24N2O5S/c1-28-16-6-4-15(5-7-16)20(25)18-19(17-3-2-14-30-17)24(22(27)21(18)26)9-8-23-10-12-29-13-11-23/h2-7,14,19,25H,8-13H2,1H3/b20-18-. The van der Waals surface area contributed by atoms with Gasteiger partial charge in [0.25, 0.3) is 11.7 Å². The Morgan fingerprint density at radius 2 is 1.90 bits per heavy atom. The van der Waals surface area contributed by atoms with Crippen LogP contribution < -0.4 is 4.74 Å². The number of morpholine rings is 1. The van der Waals surface area contributed by atoms with Gasteiger partial charge in [0.1, 0.15) is 11.5 Å². The molecule has 1 atom stereocenters. The molecule has 0 spiro atoms. The summed E-state index contributed by atoms with van der Waals surface area (Å²) in [7, 11) is 1.56. The van der Waals surface area contributed by atoms with Crippen LogP contribution >= 0.6 is 11.3 Å². The zero-order chi connectivity index (χ0) is 21.1. The first-order valence-electron chi connectivity index (χ1n) is 9.86. The topological polar surface area (TPSA) is 79.3 Å². The molecule has 2 aliphatic heterocycles. The van der Waals surface area contributed by atoms with Gasteiger partial charge in [-0.1, -0.05) is 6.07 Å². The monoisotopic (exact) mass is 428 g/mol. The van der Waals surface area contributed by atoms with Crippen LogP contribution in [-0.2, 0) is 14.3 Å². The molecule has 0 bridgehead atoms. The molecular weight excluding hydrogens is 404 g/mol. The van der Waals surface area contributed by atoms with Gasteiger partial charge in [0.05, 0.1) is 31.9 Å². The van der Waals surface area contributed by atoms with Crippen molar-refractivity contribution in [2.24, 2.45) is 0 Å². The lowest BCUT2D eigenvalue weighted by molar-refractivity contribution is -0.140. The number of ether oxygens (including phenoxy) is 2. The number of aliphatic hydroxyl groups is 1. The van der Waals surface area contributed by atoms with E-state index in [0.29, 0.717) is 37.6 Å². The highest BCUT2D eigenvalue weighted by molar-refractivity contribution is 7.10. The molecule has 1 amide bonds. The van der Waals surface area contributed by atoms with Crippen molar-refractivity contribution in [1.82, 2.24) is 9.80 Å². The third kappa shape index (κ3) is 3.98. The molecule has 0 saturated carbocycles. The lowest BCUT2D eigenvalue weighted by Gasteiger charge is -2.30. The molecule has 1 aromatic carbocycles. The molecule has 158 valence electrons. The molecule has 4 rings (SSSR count). The number of carbonyl (C=O) groups is 2. The summed E-state index contributed by atoms with van der Waals surface area (Å²) in [5.41, 5.74) is 0.609. The van der Waals surface area contributed by atoms with Gasteiger partial charge in [0.15, 0.2) is 0 Å². The van der Waals surface area contributed by atoms with E-state index in [4.69, 9.17) is 9.47 Å². The number of thiophene rings is 1. The number of rotatable bonds is 6. The molecule has 0 radical (unpaired) electrons. The highest BCUT2D eigenvalue weighted by Crippen LogP contribution is 2.41. The molecule has 8 heteroatoms. The van der Waals surface area contributed by atoms with Crippen LogP contribution in [0.2, 0.25) is 0 Å². The van der Waals surface area contributed by atoms with Crippen LogP contribution in [0, 0.1) is 0 Å². The third-order valence-corrected chi connectivity index (χ3v) is 6.40. The highest BCUT2D eigenvalue weighted by Gasteiger charge is 2.46. The molecule has 2 fully saturated rings. The molecule has 7 nitrogen and oxygen atoms in total. The molecule has 1 N–H and O–H groups in total. The average Bonchev–Trinajstić information content (AvgIpc) is 3.40. The van der Waals surface area contributed by atoms with Crippen LogP contribution in [-0.4, -0.2) is 73.1 Å². The fourth-order valence-electron chi connectivity index (χ4n) is 3.83. The number of nitrogens with zero attached hydrogens (tertiary/aromatic N) is 2. The highest BCUT2D eigenvalue weighted by atomic mass is 32.1. The largest absolute Gasteiger partial charge is 0.507 e. The first-order chi connectivity index (χ1) is 14.6. The molecule has 1 unspecified atom stereocenters. The van der Waals surface area contributed by atoms with Gasteiger partial charge in [-0.15, -0.1) is 11.3 Å². The van der Waals surface area contributed by atoms with Crippen molar-refractivity contribution < 1.29 is 24.2 Å². The predicted molar refractivity (Wildman–Crippen MR) is 114 cm³/mol. The van der Waals surface area contributed by atoms with Crippen LogP contribution in [0.3, 0.4) is 0 Å². The number of methoxy groups -OCH3 is 1. The van der Waals surface area contributed by atoms with Crippen molar-refractivity contribution in [2.75, 3.05) is 46.5 Å². The van der Waals surface area contributed by atoms with Gasteiger partial charge in [-0.05, 0) is 35.7 Å². The van der Waals surface area contributed by atoms with E-state index in [9.17, 15) is 14.7 Å². The number of carbonyl (C=O) groups excluding carboxylic acids is 2. The zero-order valence-corrected chi connectivity index (χ0v) is 17.6. The average molecular weight is 429 g/mol. The summed E-state index contributed by atoms with van der Waals surface area (Å²) in [5.74, 6) is -0.740. The number of benzene rings is 1. The Morgan fingerprint density at radius 1 is 1.17 bits per heavy atom. The second-order valence-corrected chi connectivity index (χ2v) is 8.17. The van der Waals surface area contributed by atoms with Crippen molar-refractivity contribution in [3.8, 4) is 5.75 Å². The minimum absolute atomic E-state index is 0.134. The Labute approximate surface area is 179 Å². The van der Waals surface area contributed by atoms with E-state index in [0.717, 1.165) is 18.0 Å². The maximum absolute atomic E-state index is 12.9. The van der Waals surface area contributed by atoms with Crippen molar-refractivity contribution in [1.29, 1.82) is 0 Å². The quantitative estimate of drug-likeness (QED) is 0.433. The van der Waals surface area contributed by atoms with Gasteiger partial charge < -0.3 is 19.5 Å². The van der Waals surface area contributed by atoms with Gasteiger partial charge in [-0.2, -0.15) is 0 Å².